The van der Waals surface area contributed by atoms with Gasteiger partial charge in [0.15, 0.2) is 0 Å². The fourth-order valence-electron chi connectivity index (χ4n) is 4.63. The van der Waals surface area contributed by atoms with Crippen LogP contribution in [0.4, 0.5) is 11.4 Å². The molecule has 0 aromatic heterocycles. The third-order valence-electron chi connectivity index (χ3n) is 6.26. The molecular weight excluding hydrogens is 472 g/mol. The van der Waals surface area contributed by atoms with Crippen LogP contribution in [0.25, 0.3) is 0 Å². The Morgan fingerprint density at radius 1 is 1.03 bits per heavy atom. The standard InChI is InChI=1S/C25H23BrN2O2S/c1-16-5-2-3-8-23(16)28-31(29,30)19-13-14-24-22(15-19)20-6-4-7-21(20)25(27-24)17-9-11-18(26)12-10-17/h2-6,8-15,20-21,25,27-28H,7H2,1H3/t20-,21+,25+/m0/s1. The van der Waals surface area contributed by atoms with Gasteiger partial charge in [-0.1, -0.05) is 58.4 Å². The third kappa shape index (κ3) is 3.79. The monoisotopic (exact) mass is 494 g/mol. The van der Waals surface area contributed by atoms with Crippen molar-refractivity contribution in [3.8, 4) is 0 Å². The summed E-state index contributed by atoms with van der Waals surface area (Å²) in [4.78, 5) is 0.289. The van der Waals surface area contributed by atoms with E-state index in [9.17, 15) is 8.42 Å². The molecule has 4 nitrogen and oxygen atoms in total. The minimum Gasteiger partial charge on any atom is -0.378 e. The minimum absolute atomic E-state index is 0.188. The van der Waals surface area contributed by atoms with Gasteiger partial charge in [-0.05, 0) is 72.4 Å². The van der Waals surface area contributed by atoms with Crippen LogP contribution in [0.2, 0.25) is 0 Å². The predicted molar refractivity (Wildman–Crippen MR) is 129 cm³/mol. The first-order chi connectivity index (χ1) is 14.9. The van der Waals surface area contributed by atoms with Gasteiger partial charge in [0.2, 0.25) is 0 Å². The van der Waals surface area contributed by atoms with Gasteiger partial charge in [0.05, 0.1) is 16.6 Å². The van der Waals surface area contributed by atoms with E-state index in [2.05, 4.69) is 62.4 Å². The molecule has 31 heavy (non-hydrogen) atoms. The van der Waals surface area contributed by atoms with E-state index < -0.39 is 10.0 Å². The second-order valence-electron chi connectivity index (χ2n) is 8.20. The Hall–Kier alpha value is -2.57. The maximum absolute atomic E-state index is 13.1. The number of allylic oxidation sites excluding steroid dienone is 2. The molecule has 6 heteroatoms. The van der Waals surface area contributed by atoms with Crippen LogP contribution in [0.5, 0.6) is 0 Å². The molecule has 1 aliphatic carbocycles. The summed E-state index contributed by atoms with van der Waals surface area (Å²) >= 11 is 3.51. The van der Waals surface area contributed by atoms with Crippen LogP contribution in [-0.4, -0.2) is 8.42 Å². The maximum atomic E-state index is 13.1. The Morgan fingerprint density at radius 3 is 2.58 bits per heavy atom. The highest BCUT2D eigenvalue weighted by Crippen LogP contribution is 2.50. The molecule has 5 rings (SSSR count). The van der Waals surface area contributed by atoms with Crippen molar-refractivity contribution in [2.24, 2.45) is 5.92 Å². The summed E-state index contributed by atoms with van der Waals surface area (Å²) in [5, 5.41) is 3.67. The summed E-state index contributed by atoms with van der Waals surface area (Å²) in [6, 6.07) is 21.4. The number of para-hydroxylation sites is 1. The summed E-state index contributed by atoms with van der Waals surface area (Å²) in [7, 11) is -3.68. The van der Waals surface area contributed by atoms with Crippen LogP contribution in [0.1, 0.15) is 35.1 Å². The fraction of sp³-hybridized carbons (Fsp3) is 0.200. The van der Waals surface area contributed by atoms with Crippen molar-refractivity contribution in [2.45, 2.75) is 30.2 Å². The number of anilines is 2. The molecule has 2 aliphatic rings. The van der Waals surface area contributed by atoms with E-state index in [1.165, 1.54) is 5.56 Å². The fourth-order valence-corrected chi connectivity index (χ4v) is 6.06. The molecular formula is C25H23BrN2O2S. The number of nitrogens with one attached hydrogen (secondary N) is 2. The predicted octanol–water partition coefficient (Wildman–Crippen LogP) is 6.38. The lowest BCUT2D eigenvalue weighted by atomic mass is 9.77. The van der Waals surface area contributed by atoms with E-state index in [0.717, 1.165) is 27.7 Å². The molecule has 0 fully saturated rings. The van der Waals surface area contributed by atoms with Gasteiger partial charge in [0.1, 0.15) is 0 Å². The molecule has 1 aliphatic heterocycles. The summed E-state index contributed by atoms with van der Waals surface area (Å²) < 4.78 is 30.0. The number of rotatable bonds is 4. The average Bonchev–Trinajstić information content (AvgIpc) is 3.25. The van der Waals surface area contributed by atoms with Gasteiger partial charge in [-0.2, -0.15) is 0 Å². The zero-order valence-corrected chi connectivity index (χ0v) is 19.4. The van der Waals surface area contributed by atoms with Crippen LogP contribution in [-0.2, 0) is 10.0 Å². The lowest BCUT2D eigenvalue weighted by Gasteiger charge is -2.37. The van der Waals surface area contributed by atoms with Gasteiger partial charge in [-0.3, -0.25) is 4.72 Å². The smallest absolute Gasteiger partial charge is 0.261 e. The second kappa shape index (κ2) is 7.84. The van der Waals surface area contributed by atoms with E-state index in [1.54, 1.807) is 12.1 Å². The minimum atomic E-state index is -3.68. The molecule has 158 valence electrons. The van der Waals surface area contributed by atoms with Gasteiger partial charge in [0, 0.05) is 16.1 Å². The van der Waals surface area contributed by atoms with Crippen LogP contribution < -0.4 is 10.0 Å². The molecule has 0 saturated heterocycles. The molecule has 0 bridgehead atoms. The number of hydrogen-bond acceptors (Lipinski definition) is 3. The highest BCUT2D eigenvalue weighted by atomic mass is 79.9. The normalized spacial score (nSPS) is 21.8. The molecule has 0 amide bonds. The second-order valence-corrected chi connectivity index (χ2v) is 10.8. The van der Waals surface area contributed by atoms with Crippen LogP contribution >= 0.6 is 15.9 Å². The molecule has 0 saturated carbocycles. The first kappa shape index (κ1) is 20.3. The van der Waals surface area contributed by atoms with Gasteiger partial charge < -0.3 is 5.32 Å². The summed E-state index contributed by atoms with van der Waals surface area (Å²) in [5.41, 5.74) is 4.77. The summed E-state index contributed by atoms with van der Waals surface area (Å²) in [6.07, 6.45) is 5.41. The van der Waals surface area contributed by atoms with Gasteiger partial charge in [0.25, 0.3) is 10.0 Å². The Labute approximate surface area is 191 Å². The molecule has 3 aromatic carbocycles. The zero-order valence-electron chi connectivity index (χ0n) is 17.0. The Bertz CT molecular complexity index is 1270. The quantitative estimate of drug-likeness (QED) is 0.413. The lowest BCUT2D eigenvalue weighted by molar-refractivity contribution is 0.425. The van der Waals surface area contributed by atoms with Crippen molar-refractivity contribution >= 4 is 37.3 Å². The summed E-state index contributed by atoms with van der Waals surface area (Å²) in [5.74, 6) is 0.550. The van der Waals surface area contributed by atoms with Crippen molar-refractivity contribution in [1.82, 2.24) is 0 Å². The number of aryl methyl sites for hydroxylation is 1. The summed E-state index contributed by atoms with van der Waals surface area (Å²) in [6.45, 7) is 1.89. The highest BCUT2D eigenvalue weighted by molar-refractivity contribution is 9.10. The van der Waals surface area contributed by atoms with E-state index in [-0.39, 0.29) is 16.9 Å². The van der Waals surface area contributed by atoms with Crippen molar-refractivity contribution in [3.05, 3.63) is 100 Å². The van der Waals surface area contributed by atoms with Crippen molar-refractivity contribution in [3.63, 3.8) is 0 Å². The molecule has 1 heterocycles. The SMILES string of the molecule is Cc1ccccc1NS(=O)(=O)c1ccc2c(c1)[C@H]1C=CC[C@H]1[C@@H](c1ccc(Br)cc1)N2. The maximum Gasteiger partial charge on any atom is 0.261 e. The van der Waals surface area contributed by atoms with E-state index >= 15 is 0 Å². The Kier molecular flexibility index (Phi) is 5.15. The topological polar surface area (TPSA) is 58.2 Å². The Balaban J connectivity index is 1.50. The number of sulfonamides is 1. The molecule has 0 unspecified atom stereocenters. The van der Waals surface area contributed by atoms with Gasteiger partial charge in [-0.25, -0.2) is 8.42 Å². The van der Waals surface area contributed by atoms with Gasteiger partial charge in [-0.15, -0.1) is 0 Å². The van der Waals surface area contributed by atoms with Crippen molar-refractivity contribution < 1.29 is 8.42 Å². The largest absolute Gasteiger partial charge is 0.378 e. The molecule has 0 spiro atoms. The number of halogens is 1. The third-order valence-corrected chi connectivity index (χ3v) is 8.15. The number of fused-ring (bicyclic) bond motifs is 3. The zero-order chi connectivity index (χ0) is 21.6. The molecule has 0 radical (unpaired) electrons. The van der Waals surface area contributed by atoms with Crippen LogP contribution in [0, 0.1) is 12.8 Å². The number of benzene rings is 3. The van der Waals surface area contributed by atoms with Gasteiger partial charge >= 0.3 is 0 Å². The highest BCUT2D eigenvalue weighted by Gasteiger charge is 2.38. The number of hydrogen-bond donors (Lipinski definition) is 2. The van der Waals surface area contributed by atoms with E-state index in [4.69, 9.17) is 0 Å². The Morgan fingerprint density at radius 2 is 1.81 bits per heavy atom. The van der Waals surface area contributed by atoms with Crippen molar-refractivity contribution in [1.29, 1.82) is 0 Å². The average molecular weight is 495 g/mol. The molecule has 3 atom stereocenters. The first-order valence-electron chi connectivity index (χ1n) is 10.3. The van der Waals surface area contributed by atoms with E-state index in [0.29, 0.717) is 11.6 Å². The first-order valence-corrected chi connectivity index (χ1v) is 12.6. The lowest BCUT2D eigenvalue weighted by Crippen LogP contribution is -2.29. The molecule has 2 N–H and O–H groups in total. The van der Waals surface area contributed by atoms with E-state index in [1.807, 2.05) is 37.3 Å². The van der Waals surface area contributed by atoms with Crippen LogP contribution in [0.15, 0.2) is 88.3 Å². The van der Waals surface area contributed by atoms with Crippen LogP contribution in [0.3, 0.4) is 0 Å². The molecule has 3 aromatic rings. The van der Waals surface area contributed by atoms with Crippen molar-refractivity contribution in [2.75, 3.05) is 10.0 Å².